The van der Waals surface area contributed by atoms with E-state index in [-0.39, 0.29) is 6.29 Å². The number of nitrogens with zero attached hydrogens (tertiary/aromatic N) is 2. The Morgan fingerprint density at radius 3 is 2.83 bits per heavy atom. The average Bonchev–Trinajstić information content (AvgIpc) is 3.33. The highest BCUT2D eigenvalue weighted by atomic mass is 16.7. The monoisotopic (exact) mass is 327 g/mol. The Hall–Kier alpha value is -1.69. The molecule has 0 aliphatic carbocycles. The van der Waals surface area contributed by atoms with Crippen molar-refractivity contribution in [3.8, 4) is 11.3 Å². The van der Waals surface area contributed by atoms with E-state index in [9.17, 15) is 0 Å². The quantitative estimate of drug-likeness (QED) is 0.917. The molecule has 128 valence electrons. The van der Waals surface area contributed by atoms with Crippen LogP contribution in [0.25, 0.3) is 11.3 Å². The van der Waals surface area contributed by atoms with Gasteiger partial charge >= 0.3 is 0 Å². The number of hydrogen-bond donors (Lipinski definition) is 1. The number of imidazole rings is 1. The number of nitrogens with one attached hydrogen (secondary N) is 1. The van der Waals surface area contributed by atoms with E-state index in [0.29, 0.717) is 5.92 Å². The third-order valence-corrected chi connectivity index (χ3v) is 4.94. The van der Waals surface area contributed by atoms with Crippen LogP contribution in [0.2, 0.25) is 0 Å². The lowest BCUT2D eigenvalue weighted by Gasteiger charge is -2.32. The van der Waals surface area contributed by atoms with E-state index < -0.39 is 0 Å². The number of piperidine rings is 1. The molecule has 0 spiro atoms. The van der Waals surface area contributed by atoms with Crippen LogP contribution < -0.4 is 0 Å². The van der Waals surface area contributed by atoms with Crippen molar-refractivity contribution in [1.29, 1.82) is 0 Å². The smallest absolute Gasteiger partial charge is 0.159 e. The molecule has 1 N–H and O–H groups in total. The summed E-state index contributed by atoms with van der Waals surface area (Å²) in [7, 11) is 0. The van der Waals surface area contributed by atoms with Gasteiger partial charge in [0.2, 0.25) is 0 Å². The zero-order valence-electron chi connectivity index (χ0n) is 14.0. The molecule has 0 saturated carbocycles. The lowest BCUT2D eigenvalue weighted by atomic mass is 9.97. The van der Waals surface area contributed by atoms with Gasteiger partial charge in [-0.1, -0.05) is 30.3 Å². The Balaban J connectivity index is 1.36. The molecule has 2 aromatic rings. The van der Waals surface area contributed by atoms with Crippen molar-refractivity contribution in [2.24, 2.45) is 0 Å². The van der Waals surface area contributed by atoms with E-state index in [2.05, 4.69) is 39.1 Å². The topological polar surface area (TPSA) is 50.4 Å². The summed E-state index contributed by atoms with van der Waals surface area (Å²) in [6.07, 6.45) is 5.34. The Morgan fingerprint density at radius 1 is 1.17 bits per heavy atom. The summed E-state index contributed by atoms with van der Waals surface area (Å²) in [6, 6.07) is 10.4. The van der Waals surface area contributed by atoms with Gasteiger partial charge in [-0.2, -0.15) is 0 Å². The summed E-state index contributed by atoms with van der Waals surface area (Å²) in [6.45, 7) is 4.74. The number of rotatable bonds is 5. The highest BCUT2D eigenvalue weighted by Crippen LogP contribution is 2.27. The van der Waals surface area contributed by atoms with Crippen LogP contribution in [0.4, 0.5) is 0 Å². The molecule has 1 aromatic carbocycles. The minimum Gasteiger partial charge on any atom is -0.350 e. The maximum absolute atomic E-state index is 5.54. The molecule has 0 radical (unpaired) electrons. The van der Waals surface area contributed by atoms with Crippen molar-refractivity contribution >= 4 is 0 Å². The molecule has 2 fully saturated rings. The zero-order chi connectivity index (χ0) is 16.2. The minimum atomic E-state index is -0.00123. The molecule has 0 bridgehead atoms. The largest absolute Gasteiger partial charge is 0.350 e. The lowest BCUT2D eigenvalue weighted by molar-refractivity contribution is -0.0525. The van der Waals surface area contributed by atoms with E-state index in [1.165, 1.54) is 18.4 Å². The summed E-state index contributed by atoms with van der Waals surface area (Å²) in [4.78, 5) is 10.7. The van der Waals surface area contributed by atoms with E-state index in [0.717, 1.165) is 50.8 Å². The van der Waals surface area contributed by atoms with E-state index in [1.807, 2.05) is 12.3 Å². The van der Waals surface area contributed by atoms with Gasteiger partial charge < -0.3 is 19.4 Å². The highest BCUT2D eigenvalue weighted by Gasteiger charge is 2.25. The number of ether oxygens (including phenoxy) is 2. The number of benzene rings is 1. The molecule has 2 aliphatic rings. The van der Waals surface area contributed by atoms with Crippen LogP contribution in [-0.2, 0) is 9.47 Å². The number of hydrogen-bond acceptors (Lipinski definition) is 4. The van der Waals surface area contributed by atoms with Gasteiger partial charge in [0.25, 0.3) is 0 Å². The van der Waals surface area contributed by atoms with Crippen LogP contribution in [0.5, 0.6) is 0 Å². The number of H-pyrrole nitrogens is 1. The SMILES string of the molecule is c1ccc(-c2cnc([C@H]3CCCN(CCC4OCCO4)C3)[nH]2)cc1. The second kappa shape index (κ2) is 7.47. The van der Waals surface area contributed by atoms with E-state index in [1.54, 1.807) is 0 Å². The first kappa shape index (κ1) is 15.8. The average molecular weight is 327 g/mol. The molecule has 1 aromatic heterocycles. The fourth-order valence-corrected chi connectivity index (χ4v) is 3.65. The summed E-state index contributed by atoms with van der Waals surface area (Å²) in [5, 5.41) is 0. The second-order valence-electron chi connectivity index (χ2n) is 6.65. The molecule has 5 heteroatoms. The standard InChI is InChI=1S/C19H25N3O2/c1-2-5-15(6-3-1)17-13-20-19(21-17)16-7-4-9-22(14-16)10-8-18-23-11-12-24-18/h1-3,5-6,13,16,18H,4,7-12,14H2,(H,20,21)/t16-/m0/s1. The molecular formula is C19H25N3O2. The Labute approximate surface area is 143 Å². The molecule has 24 heavy (non-hydrogen) atoms. The van der Waals surface area contributed by atoms with Crippen LogP contribution in [0.1, 0.15) is 31.0 Å². The van der Waals surface area contributed by atoms with Gasteiger partial charge in [0.05, 0.1) is 25.1 Å². The summed E-state index contributed by atoms with van der Waals surface area (Å²) in [5.41, 5.74) is 2.30. The summed E-state index contributed by atoms with van der Waals surface area (Å²) < 4.78 is 11.1. The highest BCUT2D eigenvalue weighted by molar-refractivity contribution is 5.58. The van der Waals surface area contributed by atoms with Gasteiger partial charge in [-0.05, 0) is 24.9 Å². The van der Waals surface area contributed by atoms with E-state index in [4.69, 9.17) is 9.47 Å². The molecule has 0 amide bonds. The van der Waals surface area contributed by atoms with Gasteiger partial charge in [0.1, 0.15) is 5.82 Å². The van der Waals surface area contributed by atoms with E-state index >= 15 is 0 Å². The predicted octanol–water partition coefficient (Wildman–Crippen LogP) is 3.02. The van der Waals surface area contributed by atoms with Gasteiger partial charge in [-0.3, -0.25) is 0 Å². The first-order valence-electron chi connectivity index (χ1n) is 8.94. The fraction of sp³-hybridized carbons (Fsp3) is 0.526. The molecular weight excluding hydrogens is 302 g/mol. The molecule has 3 heterocycles. The Morgan fingerprint density at radius 2 is 2.00 bits per heavy atom. The Bertz CT molecular complexity index is 637. The van der Waals surface area contributed by atoms with Gasteiger partial charge in [0.15, 0.2) is 6.29 Å². The van der Waals surface area contributed by atoms with Crippen LogP contribution in [0.3, 0.4) is 0 Å². The minimum absolute atomic E-state index is 0.00123. The molecule has 1 atom stereocenters. The number of aromatic amines is 1. The maximum Gasteiger partial charge on any atom is 0.159 e. The van der Waals surface area contributed by atoms with Crippen molar-refractivity contribution in [1.82, 2.24) is 14.9 Å². The summed E-state index contributed by atoms with van der Waals surface area (Å²) >= 11 is 0. The first-order valence-corrected chi connectivity index (χ1v) is 8.94. The van der Waals surface area contributed by atoms with Crippen molar-refractivity contribution in [2.45, 2.75) is 31.5 Å². The second-order valence-corrected chi connectivity index (χ2v) is 6.65. The first-order chi connectivity index (χ1) is 11.9. The zero-order valence-corrected chi connectivity index (χ0v) is 14.0. The van der Waals surface area contributed by atoms with Crippen LogP contribution in [0, 0.1) is 0 Å². The van der Waals surface area contributed by atoms with Crippen LogP contribution in [-0.4, -0.2) is 54.0 Å². The number of likely N-dealkylation sites (tertiary alicyclic amines) is 1. The normalized spacial score (nSPS) is 22.9. The Kier molecular flexibility index (Phi) is 4.92. The molecule has 4 rings (SSSR count). The van der Waals surface area contributed by atoms with Crippen molar-refractivity contribution in [2.75, 3.05) is 32.8 Å². The van der Waals surface area contributed by atoms with Gasteiger partial charge in [-0.25, -0.2) is 4.98 Å². The molecule has 2 saturated heterocycles. The molecule has 2 aliphatic heterocycles. The number of aromatic nitrogens is 2. The fourth-order valence-electron chi connectivity index (χ4n) is 3.65. The van der Waals surface area contributed by atoms with Gasteiger partial charge in [-0.15, -0.1) is 0 Å². The maximum atomic E-state index is 5.54. The predicted molar refractivity (Wildman–Crippen MR) is 92.7 cm³/mol. The van der Waals surface area contributed by atoms with Crippen molar-refractivity contribution < 1.29 is 9.47 Å². The summed E-state index contributed by atoms with van der Waals surface area (Å²) in [5.74, 6) is 1.61. The van der Waals surface area contributed by atoms with Gasteiger partial charge in [0, 0.05) is 25.4 Å². The molecule has 0 unspecified atom stereocenters. The lowest BCUT2D eigenvalue weighted by Crippen LogP contribution is -2.36. The van der Waals surface area contributed by atoms with Crippen molar-refractivity contribution in [3.63, 3.8) is 0 Å². The van der Waals surface area contributed by atoms with Crippen molar-refractivity contribution in [3.05, 3.63) is 42.4 Å². The third-order valence-electron chi connectivity index (χ3n) is 4.94. The van der Waals surface area contributed by atoms with Crippen LogP contribution >= 0.6 is 0 Å². The third kappa shape index (κ3) is 3.69. The molecule has 5 nitrogen and oxygen atoms in total. The van der Waals surface area contributed by atoms with Crippen LogP contribution in [0.15, 0.2) is 36.5 Å².